The third kappa shape index (κ3) is 8.16. The van der Waals surface area contributed by atoms with Gasteiger partial charge in [-0.2, -0.15) is 0 Å². The number of guanidine groups is 1. The van der Waals surface area contributed by atoms with Gasteiger partial charge in [0.2, 0.25) is 5.96 Å². The first kappa shape index (κ1) is 30.2. The summed E-state index contributed by atoms with van der Waals surface area (Å²) in [7, 11) is -4.06. The first-order chi connectivity index (χ1) is 19.9. The largest absolute Gasteiger partial charge is 0.444 e. The predicted octanol–water partition coefficient (Wildman–Crippen LogP) is 6.98. The molecule has 0 aliphatic heterocycles. The summed E-state index contributed by atoms with van der Waals surface area (Å²) in [6.45, 7) is 12.3. The van der Waals surface area contributed by atoms with Crippen LogP contribution in [0.5, 0.6) is 0 Å². The van der Waals surface area contributed by atoms with Crippen molar-refractivity contribution < 1.29 is 17.9 Å². The van der Waals surface area contributed by atoms with Gasteiger partial charge in [-0.05, 0) is 67.8 Å². The molecule has 0 aliphatic rings. The number of carbonyl (C=O) groups excluding carboxylic acids is 1. The van der Waals surface area contributed by atoms with Gasteiger partial charge in [-0.15, -0.1) is 0 Å². The number of sulfonamides is 1. The van der Waals surface area contributed by atoms with Crippen molar-refractivity contribution in [3.05, 3.63) is 113 Å². The summed E-state index contributed by atoms with van der Waals surface area (Å²) in [6, 6.07) is 24.0. The van der Waals surface area contributed by atoms with Gasteiger partial charge in [0.15, 0.2) is 5.69 Å². The van der Waals surface area contributed by atoms with Crippen LogP contribution < -0.4 is 10.0 Å². The van der Waals surface area contributed by atoms with Gasteiger partial charge >= 0.3 is 6.09 Å². The number of nitrogens with zero attached hydrogens (tertiary/aromatic N) is 3. The number of aromatic nitrogens is 1. The number of benzene rings is 3. The van der Waals surface area contributed by atoms with E-state index in [-0.39, 0.29) is 17.4 Å². The van der Waals surface area contributed by atoms with Crippen LogP contribution in [-0.4, -0.2) is 31.1 Å². The highest BCUT2D eigenvalue weighted by Crippen LogP contribution is 2.33. The lowest BCUT2D eigenvalue weighted by Gasteiger charge is -2.20. The summed E-state index contributed by atoms with van der Waals surface area (Å²) >= 11 is 6.12. The average Bonchev–Trinajstić information content (AvgIpc) is 2.95. The molecule has 3 aromatic carbocycles. The van der Waals surface area contributed by atoms with Crippen LogP contribution >= 0.6 is 11.6 Å². The van der Waals surface area contributed by atoms with Crippen LogP contribution in [-0.2, 0) is 21.3 Å². The maximum absolute atomic E-state index is 13.0. The van der Waals surface area contributed by atoms with Crippen LogP contribution in [0.25, 0.3) is 27.2 Å². The molecule has 0 fully saturated rings. The number of alkyl carbamates (subject to hydrolysis) is 1. The summed E-state index contributed by atoms with van der Waals surface area (Å²) in [4.78, 5) is 25.0. The number of hydrogen-bond donors (Lipinski definition) is 2. The molecule has 0 aliphatic carbocycles. The van der Waals surface area contributed by atoms with Crippen molar-refractivity contribution in [3.63, 3.8) is 0 Å². The molecular weight excluding hydrogens is 574 g/mol. The van der Waals surface area contributed by atoms with Crippen LogP contribution in [0.1, 0.15) is 26.3 Å². The van der Waals surface area contributed by atoms with E-state index in [9.17, 15) is 13.2 Å². The Labute approximate surface area is 250 Å². The molecule has 4 rings (SSSR count). The van der Waals surface area contributed by atoms with Crippen LogP contribution in [0.4, 0.5) is 10.5 Å². The van der Waals surface area contributed by atoms with E-state index >= 15 is 0 Å². The fraction of sp³-hybridized carbons (Fsp3) is 0.161. The van der Waals surface area contributed by atoms with E-state index in [1.165, 1.54) is 12.1 Å². The van der Waals surface area contributed by atoms with Gasteiger partial charge in [0.25, 0.3) is 10.0 Å². The zero-order chi connectivity index (χ0) is 30.3. The number of pyridine rings is 1. The van der Waals surface area contributed by atoms with Gasteiger partial charge in [-0.1, -0.05) is 66.2 Å². The quantitative estimate of drug-likeness (QED) is 0.141. The summed E-state index contributed by atoms with van der Waals surface area (Å²) in [5.74, 6) is -0.306. The number of aliphatic imine (C=N–C) groups is 1. The molecule has 1 heterocycles. The van der Waals surface area contributed by atoms with Crippen LogP contribution in [0.15, 0.2) is 101 Å². The SMILES string of the molecule is [C-]#[N+]c1ccc(-c2ncc(CN=C(NC(=O)OC(C)(C)C)NS(=O)(=O)c3ccccc3)cc2-c2ccc(Cl)cc2)cc1. The lowest BCUT2D eigenvalue weighted by molar-refractivity contribution is 0.0562. The van der Waals surface area contributed by atoms with E-state index in [1.54, 1.807) is 69.4 Å². The first-order valence-electron chi connectivity index (χ1n) is 12.8. The Bertz CT molecular complexity index is 1740. The Morgan fingerprint density at radius 1 is 1.00 bits per heavy atom. The van der Waals surface area contributed by atoms with Crippen molar-refractivity contribution in [2.45, 2.75) is 37.8 Å². The topological polar surface area (TPSA) is 114 Å². The number of ether oxygens (including phenoxy) is 1. The third-order valence-electron chi connectivity index (χ3n) is 5.69. The number of hydrogen-bond acceptors (Lipinski definition) is 6. The monoisotopic (exact) mass is 601 g/mol. The van der Waals surface area contributed by atoms with Crippen LogP contribution in [0.3, 0.4) is 0 Å². The lowest BCUT2D eigenvalue weighted by Crippen LogP contribution is -2.45. The standard InChI is InChI=1S/C31H28ClN5O4S/c1-31(2,3)41-30(38)36-29(37-42(39,40)26-8-6-5-7-9-26)35-20-21-18-27(22-10-14-24(32)15-11-22)28(34-19-21)23-12-16-25(33-4)17-13-23/h5-19H,20H2,1-3H3,(H2,35,36,37,38). The summed E-state index contributed by atoms with van der Waals surface area (Å²) in [6.07, 6.45) is 0.757. The Morgan fingerprint density at radius 2 is 1.64 bits per heavy atom. The van der Waals surface area contributed by atoms with Crippen molar-refractivity contribution in [2.75, 3.05) is 0 Å². The zero-order valence-electron chi connectivity index (χ0n) is 23.1. The number of carbonyl (C=O) groups is 1. The van der Waals surface area contributed by atoms with Crippen molar-refractivity contribution in [2.24, 2.45) is 4.99 Å². The van der Waals surface area contributed by atoms with Crippen LogP contribution in [0, 0.1) is 6.57 Å². The molecule has 1 amide bonds. The molecule has 0 unspecified atom stereocenters. The number of amides is 1. The minimum absolute atomic E-state index is 0.00367. The van der Waals surface area contributed by atoms with E-state index < -0.39 is 21.7 Å². The molecule has 0 atom stereocenters. The molecule has 0 bridgehead atoms. The molecule has 2 N–H and O–H groups in total. The van der Waals surface area contributed by atoms with Crippen molar-refractivity contribution in [1.82, 2.24) is 15.0 Å². The van der Waals surface area contributed by atoms with E-state index in [1.807, 2.05) is 30.3 Å². The molecule has 0 saturated heterocycles. The third-order valence-corrected chi connectivity index (χ3v) is 7.30. The van der Waals surface area contributed by atoms with Gasteiger partial charge in [0.05, 0.1) is 23.7 Å². The van der Waals surface area contributed by atoms with Gasteiger partial charge in [-0.3, -0.25) is 10.3 Å². The molecule has 0 radical (unpaired) electrons. The summed E-state index contributed by atoms with van der Waals surface area (Å²) in [5, 5.41) is 2.99. The van der Waals surface area contributed by atoms with E-state index in [2.05, 4.69) is 24.9 Å². The first-order valence-corrected chi connectivity index (χ1v) is 14.6. The lowest BCUT2D eigenvalue weighted by atomic mass is 9.98. The summed E-state index contributed by atoms with van der Waals surface area (Å²) in [5.41, 5.74) is 3.46. The number of halogens is 1. The minimum atomic E-state index is -4.06. The highest BCUT2D eigenvalue weighted by atomic mass is 35.5. The second-order valence-electron chi connectivity index (χ2n) is 10.1. The molecule has 1 aromatic heterocycles. The molecule has 214 valence electrons. The van der Waals surface area contributed by atoms with Gasteiger partial charge < -0.3 is 4.74 Å². The summed E-state index contributed by atoms with van der Waals surface area (Å²) < 4.78 is 33.7. The fourth-order valence-electron chi connectivity index (χ4n) is 3.82. The Hall–Kier alpha value is -4.72. The maximum Gasteiger partial charge on any atom is 0.414 e. The maximum atomic E-state index is 13.0. The highest BCUT2D eigenvalue weighted by molar-refractivity contribution is 7.90. The number of nitrogens with one attached hydrogen (secondary N) is 2. The second kappa shape index (κ2) is 12.9. The molecule has 11 heteroatoms. The van der Waals surface area contributed by atoms with Gasteiger partial charge in [-0.25, -0.2) is 27.8 Å². The molecule has 0 spiro atoms. The molecule has 4 aromatic rings. The Morgan fingerprint density at radius 3 is 2.26 bits per heavy atom. The predicted molar refractivity (Wildman–Crippen MR) is 164 cm³/mol. The Kier molecular flexibility index (Phi) is 9.25. The van der Waals surface area contributed by atoms with Crippen molar-refractivity contribution >= 4 is 39.4 Å². The zero-order valence-corrected chi connectivity index (χ0v) is 24.7. The minimum Gasteiger partial charge on any atom is -0.444 e. The van der Waals surface area contributed by atoms with Gasteiger partial charge in [0.1, 0.15) is 5.60 Å². The smallest absolute Gasteiger partial charge is 0.414 e. The van der Waals surface area contributed by atoms with Gasteiger partial charge in [0, 0.05) is 16.8 Å². The molecule has 0 saturated carbocycles. The normalized spacial score (nSPS) is 11.8. The van der Waals surface area contributed by atoms with E-state index in [0.29, 0.717) is 22.0 Å². The molecule has 9 nitrogen and oxygen atoms in total. The second-order valence-corrected chi connectivity index (χ2v) is 12.2. The van der Waals surface area contributed by atoms with Crippen molar-refractivity contribution in [1.29, 1.82) is 0 Å². The molecule has 42 heavy (non-hydrogen) atoms. The molecular formula is C31H28ClN5O4S. The van der Waals surface area contributed by atoms with Crippen molar-refractivity contribution in [3.8, 4) is 22.4 Å². The highest BCUT2D eigenvalue weighted by Gasteiger charge is 2.21. The van der Waals surface area contributed by atoms with E-state index in [0.717, 1.165) is 16.7 Å². The fourth-order valence-corrected chi connectivity index (χ4v) is 4.95. The Balaban J connectivity index is 1.70. The van der Waals surface area contributed by atoms with Crippen LogP contribution in [0.2, 0.25) is 5.02 Å². The van der Waals surface area contributed by atoms with E-state index in [4.69, 9.17) is 22.9 Å². The average molecular weight is 602 g/mol. The number of rotatable bonds is 6.